The van der Waals surface area contributed by atoms with Crippen molar-refractivity contribution >= 4 is 5.97 Å². The van der Waals surface area contributed by atoms with E-state index in [0.29, 0.717) is 23.8 Å². The van der Waals surface area contributed by atoms with Gasteiger partial charge in [0, 0.05) is 18.8 Å². The monoisotopic (exact) mass is 434 g/mol. The standard InChI is InChI=1S/C24H31FO6/c1-14-4-9-19-15(2)20(11-13-27-21(26)16-5-7-17(25)8-6-16)28-22-24(19)18(14)10-12-23(3,29-22)30-31-24/h5-8,14-15,18-20,22H,4,9-13H2,1-3H3/t14-,15-,18+,19+,20-,22-,23?,24-/m1/s1. The maximum absolute atomic E-state index is 13.1. The molecule has 0 aromatic heterocycles. The van der Waals surface area contributed by atoms with Gasteiger partial charge >= 0.3 is 5.97 Å². The molecule has 1 aliphatic carbocycles. The van der Waals surface area contributed by atoms with E-state index < -0.39 is 23.6 Å². The first-order valence-corrected chi connectivity index (χ1v) is 11.5. The Labute approximate surface area is 182 Å². The molecule has 1 spiro atoms. The zero-order valence-electron chi connectivity index (χ0n) is 18.3. The maximum Gasteiger partial charge on any atom is 0.338 e. The van der Waals surface area contributed by atoms with Crippen molar-refractivity contribution in [2.24, 2.45) is 23.7 Å². The van der Waals surface area contributed by atoms with Crippen LogP contribution in [0.2, 0.25) is 0 Å². The third-order valence-corrected chi connectivity index (χ3v) is 8.01. The van der Waals surface area contributed by atoms with Gasteiger partial charge in [0.25, 0.3) is 0 Å². The van der Waals surface area contributed by atoms with E-state index in [2.05, 4.69) is 13.8 Å². The number of benzene rings is 1. The highest BCUT2D eigenvalue weighted by Crippen LogP contribution is 2.60. The van der Waals surface area contributed by atoms with E-state index in [4.69, 9.17) is 24.0 Å². The van der Waals surface area contributed by atoms with E-state index in [1.165, 1.54) is 24.3 Å². The van der Waals surface area contributed by atoms with Crippen LogP contribution in [-0.4, -0.2) is 36.4 Å². The quantitative estimate of drug-likeness (QED) is 0.509. The zero-order valence-corrected chi connectivity index (χ0v) is 18.3. The second-order valence-corrected chi connectivity index (χ2v) is 9.88. The van der Waals surface area contributed by atoms with E-state index in [1.807, 2.05) is 6.92 Å². The summed E-state index contributed by atoms with van der Waals surface area (Å²) in [6.07, 6.45) is 3.95. The van der Waals surface area contributed by atoms with Gasteiger partial charge in [0.2, 0.25) is 5.79 Å². The number of hydrogen-bond donors (Lipinski definition) is 0. The van der Waals surface area contributed by atoms with Gasteiger partial charge in [-0.1, -0.05) is 13.8 Å². The Hall–Kier alpha value is -1.54. The van der Waals surface area contributed by atoms with Crippen LogP contribution in [-0.2, 0) is 24.0 Å². The molecule has 0 N–H and O–H groups in total. The highest BCUT2D eigenvalue weighted by Gasteiger charge is 2.69. The number of carbonyl (C=O) groups is 1. The van der Waals surface area contributed by atoms with Gasteiger partial charge in [0.05, 0.1) is 18.3 Å². The average molecular weight is 435 g/mol. The van der Waals surface area contributed by atoms with Gasteiger partial charge in [-0.3, -0.25) is 0 Å². The number of halogens is 1. The summed E-state index contributed by atoms with van der Waals surface area (Å²) in [6, 6.07) is 5.37. The minimum atomic E-state index is -0.794. The molecule has 7 heteroatoms. The smallest absolute Gasteiger partial charge is 0.338 e. The Morgan fingerprint density at radius 3 is 2.68 bits per heavy atom. The Morgan fingerprint density at radius 2 is 1.90 bits per heavy atom. The number of hydrogen-bond acceptors (Lipinski definition) is 6. The summed E-state index contributed by atoms with van der Waals surface area (Å²) in [5.41, 5.74) is -0.237. The van der Waals surface area contributed by atoms with Gasteiger partial charge in [-0.15, -0.1) is 0 Å². The molecule has 4 saturated heterocycles. The fraction of sp³-hybridized carbons (Fsp3) is 0.708. The first-order valence-electron chi connectivity index (χ1n) is 11.5. The third kappa shape index (κ3) is 3.50. The summed E-state index contributed by atoms with van der Waals surface area (Å²) < 4.78 is 31.4. The van der Waals surface area contributed by atoms with E-state index in [0.717, 1.165) is 25.7 Å². The number of rotatable bonds is 4. The van der Waals surface area contributed by atoms with E-state index in [9.17, 15) is 9.18 Å². The Bertz CT molecular complexity index is 830. The van der Waals surface area contributed by atoms with Gasteiger partial charge in [-0.05, 0) is 68.2 Å². The molecule has 170 valence electrons. The van der Waals surface area contributed by atoms with Crippen LogP contribution < -0.4 is 0 Å². The van der Waals surface area contributed by atoms with Gasteiger partial charge in [0.1, 0.15) is 5.82 Å². The van der Waals surface area contributed by atoms with Gasteiger partial charge in [-0.25, -0.2) is 19.0 Å². The van der Waals surface area contributed by atoms with Crippen molar-refractivity contribution in [3.63, 3.8) is 0 Å². The molecule has 0 radical (unpaired) electrons. The van der Waals surface area contributed by atoms with Gasteiger partial charge in [0.15, 0.2) is 11.9 Å². The lowest BCUT2D eigenvalue weighted by Crippen LogP contribution is -2.70. The molecule has 1 aromatic rings. The molecule has 4 aliphatic heterocycles. The molecule has 6 rings (SSSR count). The molecule has 6 nitrogen and oxygen atoms in total. The molecule has 31 heavy (non-hydrogen) atoms. The van der Waals surface area contributed by atoms with Gasteiger partial charge < -0.3 is 14.2 Å². The molecule has 1 unspecified atom stereocenters. The molecular formula is C24H31FO6. The summed E-state index contributed by atoms with van der Waals surface area (Å²) in [5, 5.41) is 0. The average Bonchev–Trinajstić information content (AvgIpc) is 2.98. The molecule has 8 atom stereocenters. The maximum atomic E-state index is 13.1. The summed E-state index contributed by atoms with van der Waals surface area (Å²) in [4.78, 5) is 24.2. The summed E-state index contributed by atoms with van der Waals surface area (Å²) in [6.45, 7) is 6.63. The minimum Gasteiger partial charge on any atom is -0.462 e. The zero-order chi connectivity index (χ0) is 21.8. The lowest BCUT2D eigenvalue weighted by atomic mass is 9.57. The lowest BCUT2D eigenvalue weighted by molar-refractivity contribution is -0.571. The van der Waals surface area contributed by atoms with Crippen molar-refractivity contribution < 1.29 is 33.2 Å². The fourth-order valence-electron chi connectivity index (χ4n) is 6.25. The predicted octanol–water partition coefficient (Wildman–Crippen LogP) is 4.62. The Morgan fingerprint density at radius 1 is 1.13 bits per heavy atom. The minimum absolute atomic E-state index is 0.109. The predicted molar refractivity (Wildman–Crippen MR) is 108 cm³/mol. The van der Waals surface area contributed by atoms with Crippen molar-refractivity contribution in [1.29, 1.82) is 0 Å². The van der Waals surface area contributed by atoms with E-state index in [1.54, 1.807) is 0 Å². The second-order valence-electron chi connectivity index (χ2n) is 9.88. The molecule has 1 aromatic carbocycles. The number of ether oxygens (including phenoxy) is 3. The summed E-state index contributed by atoms with van der Waals surface area (Å²) >= 11 is 0. The SMILES string of the molecule is C[C@H]1[C@@H](CCOC(=O)c2ccc(F)cc2)O[C@@H]2OC3(C)CC[C@H]4[C@H](C)CC[C@@H]1[C@@]24OO3. The van der Waals surface area contributed by atoms with Crippen LogP contribution in [0.3, 0.4) is 0 Å². The van der Waals surface area contributed by atoms with E-state index >= 15 is 0 Å². The summed E-state index contributed by atoms with van der Waals surface area (Å²) in [7, 11) is 0. The van der Waals surface area contributed by atoms with Crippen molar-refractivity contribution in [3.05, 3.63) is 35.6 Å². The fourth-order valence-corrected chi connectivity index (χ4v) is 6.25. The highest BCUT2D eigenvalue weighted by atomic mass is 19.1. The number of carbonyl (C=O) groups excluding carboxylic acids is 1. The topological polar surface area (TPSA) is 63.2 Å². The highest BCUT2D eigenvalue weighted by molar-refractivity contribution is 5.89. The molecular weight excluding hydrogens is 403 g/mol. The van der Waals surface area contributed by atoms with Crippen LogP contribution in [0.25, 0.3) is 0 Å². The largest absolute Gasteiger partial charge is 0.462 e. The van der Waals surface area contributed by atoms with Crippen molar-refractivity contribution in [1.82, 2.24) is 0 Å². The van der Waals surface area contributed by atoms with Crippen molar-refractivity contribution in [2.45, 2.75) is 76.7 Å². The van der Waals surface area contributed by atoms with Crippen molar-refractivity contribution in [3.8, 4) is 0 Å². The lowest BCUT2D eigenvalue weighted by Gasteiger charge is -2.60. The van der Waals surface area contributed by atoms with Crippen LogP contribution >= 0.6 is 0 Å². The first kappa shape index (κ1) is 21.3. The molecule has 2 bridgehead atoms. The number of fused-ring (bicyclic) bond motifs is 2. The van der Waals surface area contributed by atoms with Crippen LogP contribution in [0.1, 0.15) is 63.2 Å². The van der Waals surface area contributed by atoms with Gasteiger partial charge in [-0.2, -0.15) is 0 Å². The van der Waals surface area contributed by atoms with E-state index in [-0.39, 0.29) is 30.4 Å². The van der Waals surface area contributed by atoms with Crippen LogP contribution in [0.5, 0.6) is 0 Å². The van der Waals surface area contributed by atoms with Crippen LogP contribution in [0.4, 0.5) is 4.39 Å². The first-order chi connectivity index (χ1) is 14.8. The second kappa shape index (κ2) is 7.80. The van der Waals surface area contributed by atoms with Crippen molar-refractivity contribution in [2.75, 3.05) is 6.61 Å². The van der Waals surface area contributed by atoms with Crippen LogP contribution in [0, 0.1) is 29.5 Å². The molecule has 5 aliphatic rings. The molecule has 0 amide bonds. The Kier molecular flexibility index (Phi) is 5.36. The molecule has 1 saturated carbocycles. The Balaban J connectivity index is 1.29. The molecule has 5 fully saturated rings. The summed E-state index contributed by atoms with van der Waals surface area (Å²) in [5.74, 6) is -0.306. The normalized spacial score (nSPS) is 43.7. The number of esters is 1. The molecule has 4 heterocycles. The third-order valence-electron chi connectivity index (χ3n) is 8.01. The van der Waals surface area contributed by atoms with Crippen LogP contribution in [0.15, 0.2) is 24.3 Å².